The molecule has 0 aliphatic heterocycles. The number of rotatable bonds is 3. The zero-order chi connectivity index (χ0) is 15.2. The third-order valence-electron chi connectivity index (χ3n) is 2.45. The lowest BCUT2D eigenvalue weighted by Crippen LogP contribution is -2.23. The molecule has 0 saturated heterocycles. The minimum atomic E-state index is 0.154. The Hall–Kier alpha value is -1.44. The molecule has 2 aromatic rings. The Morgan fingerprint density at radius 1 is 1.14 bits per heavy atom. The van der Waals surface area contributed by atoms with Gasteiger partial charge in [0.15, 0.2) is 5.11 Å². The van der Waals surface area contributed by atoms with E-state index >= 15 is 0 Å². The summed E-state index contributed by atoms with van der Waals surface area (Å²) in [5.41, 5.74) is 4.43. The van der Waals surface area contributed by atoms with Crippen molar-refractivity contribution < 1.29 is 5.11 Å². The predicted octanol–water partition coefficient (Wildman–Crippen LogP) is 4.24. The van der Waals surface area contributed by atoms with E-state index in [1.54, 1.807) is 18.3 Å². The third-order valence-corrected chi connectivity index (χ3v) is 3.85. The third kappa shape index (κ3) is 4.80. The number of aromatic hydroxyl groups is 1. The Morgan fingerprint density at radius 3 is 2.38 bits per heavy atom. The van der Waals surface area contributed by atoms with Gasteiger partial charge >= 0.3 is 0 Å². The topological polar surface area (TPSA) is 56.7 Å². The second kappa shape index (κ2) is 7.53. The maximum absolute atomic E-state index is 9.62. The van der Waals surface area contributed by atoms with E-state index < -0.39 is 0 Å². The SMILES string of the molecule is Oc1c(Br)cc(/C=N\NC(=S)Nc2ccccc2)cc1Br. The molecule has 0 atom stereocenters. The maximum atomic E-state index is 9.62. The first kappa shape index (κ1) is 15.9. The van der Waals surface area contributed by atoms with E-state index in [4.69, 9.17) is 12.2 Å². The molecular formula is C14H11Br2N3OS. The van der Waals surface area contributed by atoms with Crippen LogP contribution >= 0.6 is 44.1 Å². The fraction of sp³-hybridized carbons (Fsp3) is 0. The number of nitrogens with one attached hydrogen (secondary N) is 2. The molecule has 108 valence electrons. The first-order chi connectivity index (χ1) is 10.1. The highest BCUT2D eigenvalue weighted by Gasteiger charge is 2.04. The largest absolute Gasteiger partial charge is 0.506 e. The summed E-state index contributed by atoms with van der Waals surface area (Å²) in [7, 11) is 0. The molecule has 0 aliphatic carbocycles. The molecule has 0 heterocycles. The Balaban J connectivity index is 1.95. The van der Waals surface area contributed by atoms with Gasteiger partial charge in [-0.05, 0) is 73.9 Å². The van der Waals surface area contributed by atoms with Crippen molar-refractivity contribution in [3.05, 3.63) is 57.0 Å². The number of hydrogen-bond acceptors (Lipinski definition) is 3. The molecule has 0 aromatic heterocycles. The second-order valence-electron chi connectivity index (χ2n) is 4.02. The van der Waals surface area contributed by atoms with Crippen molar-refractivity contribution in [2.45, 2.75) is 0 Å². The number of halogens is 2. The lowest BCUT2D eigenvalue weighted by molar-refractivity contribution is 0.468. The minimum absolute atomic E-state index is 0.154. The summed E-state index contributed by atoms with van der Waals surface area (Å²) in [6, 6.07) is 13.1. The molecule has 2 rings (SSSR count). The number of hydrogen-bond donors (Lipinski definition) is 3. The zero-order valence-corrected chi connectivity index (χ0v) is 14.7. The molecule has 4 nitrogen and oxygen atoms in total. The van der Waals surface area contributed by atoms with Gasteiger partial charge in [-0.2, -0.15) is 5.10 Å². The fourth-order valence-electron chi connectivity index (χ4n) is 1.51. The molecule has 7 heteroatoms. The normalized spacial score (nSPS) is 10.6. The van der Waals surface area contributed by atoms with Crippen molar-refractivity contribution in [3.63, 3.8) is 0 Å². The fourth-order valence-corrected chi connectivity index (χ4v) is 2.90. The summed E-state index contributed by atoms with van der Waals surface area (Å²) in [6.07, 6.45) is 1.61. The molecular weight excluding hydrogens is 418 g/mol. The molecule has 2 aromatic carbocycles. The Labute approximate surface area is 144 Å². The van der Waals surface area contributed by atoms with Crippen LogP contribution in [0.3, 0.4) is 0 Å². The average molecular weight is 429 g/mol. The van der Waals surface area contributed by atoms with Gasteiger partial charge in [-0.3, -0.25) is 5.43 Å². The van der Waals surface area contributed by atoms with E-state index in [0.29, 0.717) is 14.1 Å². The second-order valence-corrected chi connectivity index (χ2v) is 6.14. The van der Waals surface area contributed by atoms with Gasteiger partial charge in [0, 0.05) is 5.69 Å². The minimum Gasteiger partial charge on any atom is -0.506 e. The molecule has 3 N–H and O–H groups in total. The van der Waals surface area contributed by atoms with Crippen molar-refractivity contribution in [1.29, 1.82) is 0 Å². The standard InChI is InChI=1S/C14H11Br2N3OS/c15-11-6-9(7-12(16)13(11)20)8-17-19-14(21)18-10-4-2-1-3-5-10/h1-8,20H,(H2,18,19,21)/b17-8-. The smallest absolute Gasteiger partial charge is 0.191 e. The first-order valence-corrected chi connectivity index (χ1v) is 7.89. The molecule has 0 bridgehead atoms. The highest BCUT2D eigenvalue weighted by atomic mass is 79.9. The highest BCUT2D eigenvalue weighted by molar-refractivity contribution is 9.11. The van der Waals surface area contributed by atoms with Crippen LogP contribution in [0, 0.1) is 0 Å². The van der Waals surface area contributed by atoms with Crippen LogP contribution in [0.15, 0.2) is 56.5 Å². The quantitative estimate of drug-likeness (QED) is 0.388. The van der Waals surface area contributed by atoms with Crippen LogP contribution in [-0.4, -0.2) is 16.4 Å². The number of anilines is 1. The number of nitrogens with zero attached hydrogens (tertiary/aromatic N) is 1. The Kier molecular flexibility index (Phi) is 5.72. The van der Waals surface area contributed by atoms with Crippen LogP contribution in [0.25, 0.3) is 0 Å². The monoisotopic (exact) mass is 427 g/mol. The van der Waals surface area contributed by atoms with Crippen molar-refractivity contribution >= 4 is 61.1 Å². The Bertz CT molecular complexity index is 654. The highest BCUT2D eigenvalue weighted by Crippen LogP contribution is 2.32. The van der Waals surface area contributed by atoms with E-state index in [9.17, 15) is 5.11 Å². The number of thiocarbonyl (C=S) groups is 1. The zero-order valence-electron chi connectivity index (χ0n) is 10.7. The summed E-state index contributed by atoms with van der Waals surface area (Å²) in [5, 5.41) is 17.1. The van der Waals surface area contributed by atoms with Crippen LogP contribution in [-0.2, 0) is 0 Å². The van der Waals surface area contributed by atoms with Gasteiger partial charge in [-0.1, -0.05) is 18.2 Å². The average Bonchev–Trinajstić information content (AvgIpc) is 2.45. The van der Waals surface area contributed by atoms with Crippen molar-refractivity contribution in [3.8, 4) is 5.75 Å². The van der Waals surface area contributed by atoms with Crippen LogP contribution < -0.4 is 10.7 Å². The molecule has 21 heavy (non-hydrogen) atoms. The van der Waals surface area contributed by atoms with Gasteiger partial charge in [0.2, 0.25) is 0 Å². The van der Waals surface area contributed by atoms with E-state index in [-0.39, 0.29) is 5.75 Å². The molecule has 0 amide bonds. The van der Waals surface area contributed by atoms with E-state index in [0.717, 1.165) is 11.3 Å². The van der Waals surface area contributed by atoms with Crippen molar-refractivity contribution in [2.75, 3.05) is 5.32 Å². The maximum Gasteiger partial charge on any atom is 0.191 e. The number of para-hydroxylation sites is 1. The van der Waals surface area contributed by atoms with E-state index in [2.05, 4.69) is 47.7 Å². The molecule has 0 radical (unpaired) electrons. The molecule has 0 saturated carbocycles. The van der Waals surface area contributed by atoms with Crippen molar-refractivity contribution in [1.82, 2.24) is 5.43 Å². The van der Waals surface area contributed by atoms with E-state index in [1.165, 1.54) is 0 Å². The summed E-state index contributed by atoms with van der Waals surface area (Å²) in [4.78, 5) is 0. The Morgan fingerprint density at radius 2 is 1.76 bits per heavy atom. The van der Waals surface area contributed by atoms with Gasteiger partial charge in [0.1, 0.15) is 5.75 Å². The van der Waals surface area contributed by atoms with Crippen molar-refractivity contribution in [2.24, 2.45) is 5.10 Å². The first-order valence-electron chi connectivity index (χ1n) is 5.89. The molecule has 0 fully saturated rings. The van der Waals surface area contributed by atoms with Crippen LogP contribution in [0.2, 0.25) is 0 Å². The lowest BCUT2D eigenvalue weighted by atomic mass is 10.2. The van der Waals surface area contributed by atoms with Crippen LogP contribution in [0.4, 0.5) is 5.69 Å². The molecule has 0 aliphatic rings. The summed E-state index contributed by atoms with van der Waals surface area (Å²) < 4.78 is 1.17. The van der Waals surface area contributed by atoms with Gasteiger partial charge in [-0.15, -0.1) is 0 Å². The van der Waals surface area contributed by atoms with Gasteiger partial charge in [0.05, 0.1) is 15.2 Å². The predicted molar refractivity (Wildman–Crippen MR) is 96.9 cm³/mol. The number of phenolic OH excluding ortho intramolecular Hbond substituents is 1. The van der Waals surface area contributed by atoms with E-state index in [1.807, 2.05) is 30.3 Å². The number of benzene rings is 2. The number of phenols is 1. The van der Waals surface area contributed by atoms with Crippen LogP contribution in [0.1, 0.15) is 5.56 Å². The lowest BCUT2D eigenvalue weighted by Gasteiger charge is -2.06. The van der Waals surface area contributed by atoms with Gasteiger partial charge in [-0.25, -0.2) is 0 Å². The van der Waals surface area contributed by atoms with Gasteiger partial charge < -0.3 is 10.4 Å². The summed E-state index contributed by atoms with van der Waals surface area (Å²) >= 11 is 11.7. The number of hydrazone groups is 1. The van der Waals surface area contributed by atoms with Gasteiger partial charge in [0.25, 0.3) is 0 Å². The molecule has 0 unspecified atom stereocenters. The summed E-state index contributed by atoms with van der Waals surface area (Å²) in [5.74, 6) is 0.154. The molecule has 0 spiro atoms. The van der Waals surface area contributed by atoms with Crippen LogP contribution in [0.5, 0.6) is 5.75 Å². The summed E-state index contributed by atoms with van der Waals surface area (Å²) in [6.45, 7) is 0.